The average molecular weight is 563 g/mol. The fourth-order valence-electron chi connectivity index (χ4n) is 3.94. The highest BCUT2D eigenvalue weighted by molar-refractivity contribution is 6.00. The number of ether oxygens (including phenoxy) is 1. The second-order valence-electron chi connectivity index (χ2n) is 10.3. The van der Waals surface area contributed by atoms with Crippen molar-refractivity contribution < 1.29 is 34.1 Å². The molecule has 0 saturated carbocycles. The molecule has 0 fully saturated rings. The predicted molar refractivity (Wildman–Crippen MR) is 153 cm³/mol. The normalized spacial score (nSPS) is 11.7. The molecule has 11 heteroatoms. The minimum Gasteiger partial charge on any atom is -0.508 e. The van der Waals surface area contributed by atoms with Gasteiger partial charge in [0.15, 0.2) is 0 Å². The average Bonchev–Trinajstić information content (AvgIpc) is 2.91. The first-order chi connectivity index (χ1) is 19.4. The summed E-state index contributed by atoms with van der Waals surface area (Å²) < 4.78 is 5.32. The van der Waals surface area contributed by atoms with Gasteiger partial charge in [0.2, 0.25) is 5.91 Å². The molecule has 1 atom stereocenters. The molecule has 0 saturated heterocycles. The van der Waals surface area contributed by atoms with E-state index in [2.05, 4.69) is 20.9 Å². The quantitative estimate of drug-likeness (QED) is 0.212. The summed E-state index contributed by atoms with van der Waals surface area (Å²) in [5.41, 5.74) is 0.714. The predicted octanol–water partition coefficient (Wildman–Crippen LogP) is 4.58. The first-order valence-electron chi connectivity index (χ1n) is 13.1. The number of benzene rings is 2. The zero-order valence-corrected chi connectivity index (χ0v) is 23.1. The Morgan fingerprint density at radius 2 is 1.78 bits per heavy atom. The van der Waals surface area contributed by atoms with Gasteiger partial charge in [-0.05, 0) is 93.6 Å². The van der Waals surface area contributed by atoms with Crippen LogP contribution in [0.2, 0.25) is 0 Å². The number of phenols is 1. The smallest absolute Gasteiger partial charge is 0.408 e. The lowest BCUT2D eigenvalue weighted by molar-refractivity contribution is -0.118. The number of carboxylic acids is 1. The van der Waals surface area contributed by atoms with Gasteiger partial charge in [-0.3, -0.25) is 14.6 Å². The number of aromatic carboxylic acids is 1. The third kappa shape index (κ3) is 9.64. The molecule has 0 radical (unpaired) electrons. The number of carbonyl (C=O) groups excluding carboxylic acids is 3. The highest BCUT2D eigenvalue weighted by Crippen LogP contribution is 2.29. The van der Waals surface area contributed by atoms with Crippen molar-refractivity contribution in [2.45, 2.75) is 51.7 Å². The summed E-state index contributed by atoms with van der Waals surface area (Å²) >= 11 is 0. The summed E-state index contributed by atoms with van der Waals surface area (Å²) in [6, 6.07) is 12.8. The number of hydrogen-bond acceptors (Lipinski definition) is 7. The lowest BCUT2D eigenvalue weighted by atomic mass is 9.98. The number of carbonyl (C=O) groups is 4. The van der Waals surface area contributed by atoms with Crippen LogP contribution in [0.15, 0.2) is 67.0 Å². The third-order valence-electron chi connectivity index (χ3n) is 5.81. The topological polar surface area (TPSA) is 167 Å². The number of amides is 3. The number of hydrogen-bond donors (Lipinski definition) is 5. The molecular weight excluding hydrogens is 528 g/mol. The number of aromatic nitrogens is 1. The molecule has 3 aromatic rings. The number of pyridine rings is 1. The van der Waals surface area contributed by atoms with Crippen molar-refractivity contribution >= 4 is 29.6 Å². The first-order valence-corrected chi connectivity index (χ1v) is 13.1. The maximum Gasteiger partial charge on any atom is 0.408 e. The second kappa shape index (κ2) is 13.9. The fraction of sp³-hybridized carbons (Fsp3) is 0.300. The van der Waals surface area contributed by atoms with Crippen LogP contribution in [0.5, 0.6) is 5.75 Å². The van der Waals surface area contributed by atoms with Gasteiger partial charge in [-0.2, -0.15) is 0 Å². The molecule has 3 rings (SSSR count). The number of alkyl carbamates (subject to hydrolysis) is 1. The number of aromatic hydroxyl groups is 1. The Morgan fingerprint density at radius 3 is 2.44 bits per heavy atom. The number of nitrogens with one attached hydrogen (secondary N) is 3. The lowest BCUT2D eigenvalue weighted by Crippen LogP contribution is -2.45. The van der Waals surface area contributed by atoms with Crippen LogP contribution in [0, 0.1) is 0 Å². The Kier molecular flexibility index (Phi) is 10.4. The van der Waals surface area contributed by atoms with Crippen molar-refractivity contribution in [2.24, 2.45) is 0 Å². The fourth-order valence-corrected chi connectivity index (χ4v) is 3.94. The van der Waals surface area contributed by atoms with Crippen LogP contribution in [0.1, 0.15) is 60.7 Å². The van der Waals surface area contributed by atoms with E-state index in [0.717, 1.165) is 0 Å². The molecule has 41 heavy (non-hydrogen) atoms. The van der Waals surface area contributed by atoms with E-state index in [1.807, 2.05) is 0 Å². The molecule has 1 aromatic heterocycles. The van der Waals surface area contributed by atoms with E-state index in [4.69, 9.17) is 4.74 Å². The monoisotopic (exact) mass is 562 g/mol. The van der Waals surface area contributed by atoms with E-state index in [9.17, 15) is 29.4 Å². The van der Waals surface area contributed by atoms with Gasteiger partial charge < -0.3 is 30.9 Å². The highest BCUT2D eigenvalue weighted by atomic mass is 16.6. The lowest BCUT2D eigenvalue weighted by Gasteiger charge is -2.23. The summed E-state index contributed by atoms with van der Waals surface area (Å²) in [4.78, 5) is 53.7. The molecule has 0 spiro atoms. The van der Waals surface area contributed by atoms with E-state index in [1.54, 1.807) is 51.2 Å². The van der Waals surface area contributed by atoms with Crippen LogP contribution < -0.4 is 16.0 Å². The zero-order chi connectivity index (χ0) is 30.0. The van der Waals surface area contributed by atoms with Crippen LogP contribution in [0.4, 0.5) is 10.5 Å². The van der Waals surface area contributed by atoms with Crippen LogP contribution in [0.25, 0.3) is 11.1 Å². The number of anilines is 1. The molecule has 5 N–H and O–H groups in total. The van der Waals surface area contributed by atoms with Crippen LogP contribution in [-0.4, -0.2) is 57.3 Å². The molecule has 11 nitrogen and oxygen atoms in total. The summed E-state index contributed by atoms with van der Waals surface area (Å²) in [7, 11) is 0. The number of nitrogens with zero attached hydrogens (tertiary/aromatic N) is 1. The van der Waals surface area contributed by atoms with Crippen molar-refractivity contribution in [3.05, 3.63) is 78.1 Å². The molecular formula is C30H34N4O7. The Hall–Kier alpha value is -4.93. The van der Waals surface area contributed by atoms with Gasteiger partial charge in [-0.15, -0.1) is 0 Å². The van der Waals surface area contributed by atoms with E-state index in [-0.39, 0.29) is 23.6 Å². The Labute approximate surface area is 238 Å². The van der Waals surface area contributed by atoms with Gasteiger partial charge >= 0.3 is 12.1 Å². The summed E-state index contributed by atoms with van der Waals surface area (Å²) in [5, 5.41) is 27.7. The molecule has 216 valence electrons. The van der Waals surface area contributed by atoms with Gasteiger partial charge in [-0.25, -0.2) is 9.59 Å². The van der Waals surface area contributed by atoms with Crippen LogP contribution >= 0.6 is 0 Å². The number of unbranched alkanes of at least 4 members (excludes halogenated alkanes) is 1. The Morgan fingerprint density at radius 1 is 1.00 bits per heavy atom. The van der Waals surface area contributed by atoms with Crippen molar-refractivity contribution in [2.75, 3.05) is 11.9 Å². The summed E-state index contributed by atoms with van der Waals surface area (Å²) in [6.45, 7) is 5.48. The minimum atomic E-state index is -1.17. The Bertz CT molecular complexity index is 1390. The van der Waals surface area contributed by atoms with Crippen LogP contribution in [-0.2, 0) is 9.53 Å². The first kappa shape index (κ1) is 30.6. The maximum atomic E-state index is 13.3. The van der Waals surface area contributed by atoms with Crippen LogP contribution in [0.3, 0.4) is 0 Å². The SMILES string of the molecule is CC(C)(C)OC(=O)N[C@@H](CCCCNC(=O)c1cccnc1)C(=O)Nc1ccc(C(=O)O)c(-c2cccc(O)c2)c1. The molecule has 1 heterocycles. The van der Waals surface area contributed by atoms with Gasteiger partial charge in [0.05, 0.1) is 11.1 Å². The summed E-state index contributed by atoms with van der Waals surface area (Å²) in [6.07, 6.45) is 3.57. The molecule has 0 aliphatic rings. The van der Waals surface area contributed by atoms with E-state index in [1.165, 1.54) is 36.5 Å². The molecule has 0 unspecified atom stereocenters. The summed E-state index contributed by atoms with van der Waals surface area (Å²) in [5.74, 6) is -1.99. The van der Waals surface area contributed by atoms with E-state index in [0.29, 0.717) is 41.8 Å². The van der Waals surface area contributed by atoms with Gasteiger partial charge in [0, 0.05) is 24.6 Å². The molecule has 0 aliphatic carbocycles. The van der Waals surface area contributed by atoms with E-state index < -0.39 is 29.6 Å². The van der Waals surface area contributed by atoms with Crippen molar-refractivity contribution in [3.8, 4) is 16.9 Å². The molecule has 2 aromatic carbocycles. The number of carboxylic acid groups (broad SMARTS) is 1. The standard InChI is InChI=1S/C30H34N4O7/c1-30(2,3)41-29(40)34-25(11-4-5-15-32-26(36)20-9-7-14-31-18-20)27(37)33-21-12-13-23(28(38)39)24(17-21)19-8-6-10-22(35)16-19/h6-10,12-14,16-18,25,35H,4-5,11,15H2,1-3H3,(H,32,36)(H,33,37)(H,34,40)(H,38,39)/t25-/m0/s1. The van der Waals surface area contributed by atoms with Gasteiger partial charge in [0.25, 0.3) is 5.91 Å². The molecule has 0 aliphatic heterocycles. The van der Waals surface area contributed by atoms with Crippen molar-refractivity contribution in [1.82, 2.24) is 15.6 Å². The zero-order valence-electron chi connectivity index (χ0n) is 23.1. The van der Waals surface area contributed by atoms with Gasteiger partial charge in [0.1, 0.15) is 17.4 Å². The Balaban J connectivity index is 1.70. The van der Waals surface area contributed by atoms with Gasteiger partial charge in [-0.1, -0.05) is 12.1 Å². The van der Waals surface area contributed by atoms with Crippen molar-refractivity contribution in [3.63, 3.8) is 0 Å². The third-order valence-corrected chi connectivity index (χ3v) is 5.81. The number of rotatable bonds is 11. The van der Waals surface area contributed by atoms with Crippen molar-refractivity contribution in [1.29, 1.82) is 0 Å². The maximum absolute atomic E-state index is 13.3. The highest BCUT2D eigenvalue weighted by Gasteiger charge is 2.25. The molecule has 0 bridgehead atoms. The molecule has 3 amide bonds. The minimum absolute atomic E-state index is 0.00893. The largest absolute Gasteiger partial charge is 0.508 e. The number of phenolic OH excluding ortho intramolecular Hbond substituents is 1. The second-order valence-corrected chi connectivity index (χ2v) is 10.3. The van der Waals surface area contributed by atoms with E-state index >= 15 is 0 Å².